The van der Waals surface area contributed by atoms with Crippen LogP contribution in [0.1, 0.15) is 5.01 Å². The maximum atomic E-state index is 11.8. The number of pyridine rings is 1. The molecule has 0 aliphatic rings. The van der Waals surface area contributed by atoms with Crippen LogP contribution in [0, 0.1) is 0 Å². The third-order valence-corrected chi connectivity index (χ3v) is 3.87. The second kappa shape index (κ2) is 4.40. The monoisotopic (exact) mass is 273 g/mol. The zero-order valence-corrected chi connectivity index (χ0v) is 10.7. The fourth-order valence-corrected chi connectivity index (χ4v) is 2.85. The molecule has 0 fully saturated rings. The van der Waals surface area contributed by atoms with Gasteiger partial charge in [0.15, 0.2) is 0 Å². The molecule has 0 aliphatic carbocycles. The van der Waals surface area contributed by atoms with Crippen LogP contribution in [0.2, 0.25) is 0 Å². The summed E-state index contributed by atoms with van der Waals surface area (Å²) in [6.07, 6.45) is 1.67. The Kier molecular flexibility index (Phi) is 2.72. The van der Waals surface area contributed by atoms with Crippen LogP contribution in [-0.2, 0) is 6.54 Å². The lowest BCUT2D eigenvalue weighted by Gasteiger charge is -2.02. The van der Waals surface area contributed by atoms with Gasteiger partial charge in [-0.3, -0.25) is 4.79 Å². The minimum Gasteiger partial charge on any atom is -0.506 e. The van der Waals surface area contributed by atoms with Crippen LogP contribution in [0.3, 0.4) is 0 Å². The number of hydrogen-bond acceptors (Lipinski definition) is 5. The van der Waals surface area contributed by atoms with Gasteiger partial charge < -0.3 is 15.4 Å². The van der Waals surface area contributed by atoms with Crippen molar-refractivity contribution in [2.24, 2.45) is 0 Å². The first-order valence-corrected chi connectivity index (χ1v) is 6.49. The summed E-state index contributed by atoms with van der Waals surface area (Å²) in [5, 5.41) is 10.5. The first kappa shape index (κ1) is 11.7. The van der Waals surface area contributed by atoms with E-state index in [1.807, 2.05) is 6.07 Å². The molecule has 3 aromatic rings. The van der Waals surface area contributed by atoms with E-state index in [1.54, 1.807) is 30.5 Å². The molecule has 0 unspecified atom stereocenters. The molecule has 0 radical (unpaired) electrons. The summed E-state index contributed by atoms with van der Waals surface area (Å²) in [6, 6.07) is 8.49. The summed E-state index contributed by atoms with van der Waals surface area (Å²) in [6.45, 7) is 0.350. The molecule has 0 aliphatic heterocycles. The van der Waals surface area contributed by atoms with Crippen molar-refractivity contribution in [3.8, 4) is 5.75 Å². The van der Waals surface area contributed by atoms with E-state index in [9.17, 15) is 9.90 Å². The highest BCUT2D eigenvalue weighted by Gasteiger charge is 2.08. The Labute approximate surface area is 112 Å². The van der Waals surface area contributed by atoms with Crippen molar-refractivity contribution < 1.29 is 5.11 Å². The van der Waals surface area contributed by atoms with Gasteiger partial charge in [0.1, 0.15) is 10.8 Å². The number of nitrogens with two attached hydrogens (primary N) is 1. The van der Waals surface area contributed by atoms with Gasteiger partial charge in [0.25, 0.3) is 5.56 Å². The first-order chi connectivity index (χ1) is 9.15. The molecule has 2 aromatic heterocycles. The van der Waals surface area contributed by atoms with E-state index in [-0.39, 0.29) is 17.0 Å². The van der Waals surface area contributed by atoms with Crippen molar-refractivity contribution in [2.75, 3.05) is 5.73 Å². The molecule has 6 heteroatoms. The van der Waals surface area contributed by atoms with Crippen molar-refractivity contribution in [3.63, 3.8) is 0 Å². The van der Waals surface area contributed by atoms with Crippen molar-refractivity contribution in [2.45, 2.75) is 6.54 Å². The fourth-order valence-electron chi connectivity index (χ4n) is 1.87. The third kappa shape index (κ3) is 2.06. The number of phenolic OH excluding ortho intramolecular Hbond substituents is 1. The highest BCUT2D eigenvalue weighted by molar-refractivity contribution is 7.19. The number of benzene rings is 1. The first-order valence-electron chi connectivity index (χ1n) is 5.67. The predicted molar refractivity (Wildman–Crippen MR) is 75.5 cm³/mol. The highest BCUT2D eigenvalue weighted by Crippen LogP contribution is 2.30. The molecule has 1 aromatic carbocycles. The van der Waals surface area contributed by atoms with Gasteiger partial charge in [-0.15, -0.1) is 11.3 Å². The Morgan fingerprint density at radius 2 is 2.16 bits per heavy atom. The van der Waals surface area contributed by atoms with Gasteiger partial charge in [0.05, 0.1) is 22.4 Å². The number of aromatic nitrogens is 2. The molecule has 0 atom stereocenters. The Balaban J connectivity index is 2.04. The van der Waals surface area contributed by atoms with Gasteiger partial charge >= 0.3 is 0 Å². The molecule has 19 heavy (non-hydrogen) atoms. The number of nitrogens with zero attached hydrogens (tertiary/aromatic N) is 2. The second-order valence-corrected chi connectivity index (χ2v) is 5.21. The molecule has 0 saturated carbocycles. The fraction of sp³-hybridized carbons (Fsp3) is 0.0769. The summed E-state index contributed by atoms with van der Waals surface area (Å²) in [7, 11) is 0. The minimum absolute atomic E-state index is 0.209. The maximum Gasteiger partial charge on any atom is 0.274 e. The van der Waals surface area contributed by atoms with Crippen LogP contribution in [-0.4, -0.2) is 14.7 Å². The lowest BCUT2D eigenvalue weighted by molar-refractivity contribution is 0.482. The zero-order valence-electron chi connectivity index (χ0n) is 9.91. The quantitative estimate of drug-likeness (QED) is 0.746. The normalized spacial score (nSPS) is 10.9. The Morgan fingerprint density at radius 1 is 1.32 bits per heavy atom. The SMILES string of the molecule is Nc1cccn(Cc2nc3cccc(O)c3s2)c1=O. The van der Waals surface area contributed by atoms with Crippen molar-refractivity contribution in [1.29, 1.82) is 0 Å². The molecule has 5 nitrogen and oxygen atoms in total. The molecule has 96 valence electrons. The molecule has 0 amide bonds. The molecular weight excluding hydrogens is 262 g/mol. The summed E-state index contributed by atoms with van der Waals surface area (Å²) in [4.78, 5) is 16.2. The van der Waals surface area contributed by atoms with Crippen LogP contribution < -0.4 is 11.3 Å². The van der Waals surface area contributed by atoms with Crippen LogP contribution in [0.15, 0.2) is 41.3 Å². The van der Waals surface area contributed by atoms with Crippen LogP contribution in [0.25, 0.3) is 10.2 Å². The number of aromatic hydroxyl groups is 1. The average molecular weight is 273 g/mol. The zero-order chi connectivity index (χ0) is 13.4. The van der Waals surface area contributed by atoms with Crippen molar-refractivity contribution in [3.05, 3.63) is 51.9 Å². The Bertz CT molecular complexity index is 807. The minimum atomic E-state index is -0.231. The van der Waals surface area contributed by atoms with E-state index in [1.165, 1.54) is 15.9 Å². The molecule has 3 rings (SSSR count). The van der Waals surface area contributed by atoms with Gasteiger partial charge in [-0.2, -0.15) is 0 Å². The van der Waals surface area contributed by atoms with Gasteiger partial charge in [0.2, 0.25) is 0 Å². The Morgan fingerprint density at radius 3 is 2.95 bits per heavy atom. The van der Waals surface area contributed by atoms with E-state index in [2.05, 4.69) is 4.98 Å². The van der Waals surface area contributed by atoms with Gasteiger partial charge in [-0.1, -0.05) is 6.07 Å². The number of hydrogen-bond donors (Lipinski definition) is 2. The van der Waals surface area contributed by atoms with Crippen molar-refractivity contribution >= 4 is 27.2 Å². The summed E-state index contributed by atoms with van der Waals surface area (Å²) < 4.78 is 2.24. The van der Waals surface area contributed by atoms with Crippen LogP contribution in [0.5, 0.6) is 5.75 Å². The number of nitrogen functional groups attached to an aromatic ring is 1. The second-order valence-electron chi connectivity index (χ2n) is 4.13. The van der Waals surface area contributed by atoms with E-state index >= 15 is 0 Å². The smallest absolute Gasteiger partial charge is 0.274 e. The molecular formula is C13H11N3O2S. The lowest BCUT2D eigenvalue weighted by atomic mass is 10.3. The van der Waals surface area contributed by atoms with Gasteiger partial charge in [0, 0.05) is 6.20 Å². The standard InChI is InChI=1S/C13H11N3O2S/c14-8-3-2-6-16(13(8)18)7-11-15-9-4-1-5-10(17)12(9)19-11/h1-6,17H,7,14H2. The van der Waals surface area contributed by atoms with Gasteiger partial charge in [-0.05, 0) is 24.3 Å². The number of fused-ring (bicyclic) bond motifs is 1. The largest absolute Gasteiger partial charge is 0.506 e. The lowest BCUT2D eigenvalue weighted by Crippen LogP contribution is -2.22. The Hall–Kier alpha value is -2.34. The topological polar surface area (TPSA) is 81.1 Å². The summed E-state index contributed by atoms with van der Waals surface area (Å²) >= 11 is 1.37. The number of phenols is 1. The number of rotatable bonds is 2. The summed E-state index contributed by atoms with van der Waals surface area (Å²) in [5.74, 6) is 0.209. The molecule has 0 spiro atoms. The number of thiazole rings is 1. The van der Waals surface area contributed by atoms with Crippen LogP contribution in [0.4, 0.5) is 5.69 Å². The molecule has 0 saturated heterocycles. The average Bonchev–Trinajstić information content (AvgIpc) is 2.79. The van der Waals surface area contributed by atoms with E-state index < -0.39 is 0 Å². The highest BCUT2D eigenvalue weighted by atomic mass is 32.1. The van der Waals surface area contributed by atoms with Crippen LogP contribution >= 0.6 is 11.3 Å². The van der Waals surface area contributed by atoms with E-state index in [0.717, 1.165) is 15.2 Å². The maximum absolute atomic E-state index is 11.8. The van der Waals surface area contributed by atoms with Gasteiger partial charge in [-0.25, -0.2) is 4.98 Å². The molecule has 2 heterocycles. The van der Waals surface area contributed by atoms with Crippen molar-refractivity contribution in [1.82, 2.24) is 9.55 Å². The third-order valence-electron chi connectivity index (χ3n) is 2.79. The van der Waals surface area contributed by atoms with E-state index in [4.69, 9.17) is 5.73 Å². The molecule has 0 bridgehead atoms. The number of anilines is 1. The predicted octanol–water partition coefficient (Wildman–Crippen LogP) is 1.79. The molecule has 3 N–H and O–H groups in total. The summed E-state index contributed by atoms with van der Waals surface area (Å²) in [5.41, 5.74) is 6.30. The van der Waals surface area contributed by atoms with E-state index in [0.29, 0.717) is 6.54 Å².